The molecule has 0 atom stereocenters. The molecule has 0 aliphatic rings. The molecule has 3 aromatic heterocycles. The largest absolute Gasteiger partial charge is 0.453 e. The third-order valence-electron chi connectivity index (χ3n) is 2.76. The van der Waals surface area contributed by atoms with Crippen LogP contribution in [0.2, 0.25) is 0 Å². The van der Waals surface area contributed by atoms with Crippen molar-refractivity contribution in [1.82, 2.24) is 15.0 Å². The molecule has 0 spiro atoms. The zero-order valence-electron chi connectivity index (χ0n) is 11.5. The fourth-order valence-corrected chi connectivity index (χ4v) is 2.38. The third-order valence-corrected chi connectivity index (χ3v) is 3.53. The Labute approximate surface area is 129 Å². The molecule has 0 saturated carbocycles. The summed E-state index contributed by atoms with van der Waals surface area (Å²) in [4.78, 5) is 22.3. The summed E-state index contributed by atoms with van der Waals surface area (Å²) in [5.74, 6) is 0.754. The molecule has 3 heterocycles. The van der Waals surface area contributed by atoms with Gasteiger partial charge in [0.05, 0.1) is 16.4 Å². The van der Waals surface area contributed by atoms with Gasteiger partial charge in [-0.3, -0.25) is 4.98 Å². The lowest BCUT2D eigenvalue weighted by molar-refractivity contribution is -0.389. The Morgan fingerprint density at radius 2 is 2.05 bits per heavy atom. The summed E-state index contributed by atoms with van der Waals surface area (Å²) in [6.07, 6.45) is 2.93. The summed E-state index contributed by atoms with van der Waals surface area (Å²) in [6, 6.07) is 6.25. The molecule has 110 valence electrons. The van der Waals surface area contributed by atoms with Gasteiger partial charge in [0.15, 0.2) is 11.9 Å². The maximum absolute atomic E-state index is 10.6. The molecule has 0 unspecified atom stereocenters. The molecule has 0 aliphatic heterocycles. The molecule has 0 aliphatic carbocycles. The standard InChI is InChI=1S/C14H10N4O3S/c1-9-17-13(8-22-9)12-6-10(4-5-15-12)21-11-2-3-14(16-7-11)18(19)20/h2-8H,1H3. The van der Waals surface area contributed by atoms with Gasteiger partial charge in [-0.1, -0.05) is 0 Å². The number of nitro groups is 1. The predicted octanol–water partition coefficient (Wildman–Crippen LogP) is 3.61. The predicted molar refractivity (Wildman–Crippen MR) is 81.0 cm³/mol. The van der Waals surface area contributed by atoms with Crippen molar-refractivity contribution in [3.63, 3.8) is 0 Å². The molecule has 0 aromatic carbocycles. The highest BCUT2D eigenvalue weighted by atomic mass is 32.1. The van der Waals surface area contributed by atoms with E-state index in [0.717, 1.165) is 10.7 Å². The van der Waals surface area contributed by atoms with Crippen LogP contribution in [0.3, 0.4) is 0 Å². The van der Waals surface area contributed by atoms with Crippen LogP contribution in [0.1, 0.15) is 5.01 Å². The van der Waals surface area contributed by atoms with Crippen LogP contribution >= 0.6 is 11.3 Å². The maximum atomic E-state index is 10.6. The van der Waals surface area contributed by atoms with Gasteiger partial charge in [-0.25, -0.2) is 4.98 Å². The number of hydrogen-bond donors (Lipinski definition) is 0. The van der Waals surface area contributed by atoms with Crippen LogP contribution in [-0.4, -0.2) is 19.9 Å². The van der Waals surface area contributed by atoms with E-state index in [1.807, 2.05) is 12.3 Å². The topological polar surface area (TPSA) is 91.0 Å². The minimum atomic E-state index is -0.557. The first-order chi connectivity index (χ1) is 10.6. The van der Waals surface area contributed by atoms with Crippen LogP contribution in [0.5, 0.6) is 11.5 Å². The van der Waals surface area contributed by atoms with Crippen molar-refractivity contribution < 1.29 is 9.66 Å². The van der Waals surface area contributed by atoms with Crippen LogP contribution < -0.4 is 4.74 Å². The number of aromatic nitrogens is 3. The second-order valence-electron chi connectivity index (χ2n) is 4.34. The lowest BCUT2D eigenvalue weighted by Gasteiger charge is -2.04. The van der Waals surface area contributed by atoms with Gasteiger partial charge in [-0.15, -0.1) is 11.3 Å². The second kappa shape index (κ2) is 5.86. The summed E-state index contributed by atoms with van der Waals surface area (Å²) >= 11 is 1.55. The van der Waals surface area contributed by atoms with Gasteiger partial charge in [0.25, 0.3) is 0 Å². The molecule has 7 nitrogen and oxygen atoms in total. The number of rotatable bonds is 4. The molecule has 22 heavy (non-hydrogen) atoms. The Bertz CT molecular complexity index is 817. The normalized spacial score (nSPS) is 10.4. The molecule has 3 aromatic rings. The Morgan fingerprint density at radius 1 is 1.18 bits per heavy atom. The summed E-state index contributed by atoms with van der Waals surface area (Å²) in [7, 11) is 0. The average Bonchev–Trinajstić information content (AvgIpc) is 2.95. The van der Waals surface area contributed by atoms with E-state index in [1.165, 1.54) is 18.3 Å². The number of nitrogens with zero attached hydrogens (tertiary/aromatic N) is 4. The van der Waals surface area contributed by atoms with E-state index in [4.69, 9.17) is 4.74 Å². The number of hydrogen-bond acceptors (Lipinski definition) is 7. The van der Waals surface area contributed by atoms with Gasteiger partial charge >= 0.3 is 5.82 Å². The molecule has 0 amide bonds. The van der Waals surface area contributed by atoms with E-state index in [9.17, 15) is 10.1 Å². The van der Waals surface area contributed by atoms with Crippen LogP contribution in [0.4, 0.5) is 5.82 Å². The summed E-state index contributed by atoms with van der Waals surface area (Å²) in [5, 5.41) is 13.4. The third kappa shape index (κ3) is 3.07. The van der Waals surface area contributed by atoms with Gasteiger partial charge in [0.1, 0.15) is 5.75 Å². The van der Waals surface area contributed by atoms with Gasteiger partial charge in [0, 0.05) is 23.7 Å². The highest BCUT2D eigenvalue weighted by Gasteiger charge is 2.09. The molecule has 0 radical (unpaired) electrons. The second-order valence-corrected chi connectivity index (χ2v) is 5.40. The van der Waals surface area contributed by atoms with E-state index in [-0.39, 0.29) is 5.82 Å². The smallest absolute Gasteiger partial charge is 0.363 e. The van der Waals surface area contributed by atoms with Crippen molar-refractivity contribution in [2.45, 2.75) is 6.92 Å². The molecule has 0 saturated heterocycles. The lowest BCUT2D eigenvalue weighted by Crippen LogP contribution is -1.92. The molecular weight excluding hydrogens is 304 g/mol. The van der Waals surface area contributed by atoms with Gasteiger partial charge in [0.2, 0.25) is 0 Å². The van der Waals surface area contributed by atoms with Crippen molar-refractivity contribution in [1.29, 1.82) is 0 Å². The molecule has 0 bridgehead atoms. The zero-order chi connectivity index (χ0) is 15.5. The number of ether oxygens (including phenoxy) is 1. The van der Waals surface area contributed by atoms with Crippen molar-refractivity contribution in [3.8, 4) is 22.9 Å². The maximum Gasteiger partial charge on any atom is 0.363 e. The molecular formula is C14H10N4O3S. The highest BCUT2D eigenvalue weighted by molar-refractivity contribution is 7.09. The number of aryl methyl sites for hydroxylation is 1. The minimum absolute atomic E-state index is 0.222. The Hall–Kier alpha value is -2.87. The molecule has 0 fully saturated rings. The quantitative estimate of drug-likeness (QED) is 0.539. The SMILES string of the molecule is Cc1nc(-c2cc(Oc3ccc([N+](=O)[O-])nc3)ccn2)cs1. The molecule has 0 N–H and O–H groups in total. The van der Waals surface area contributed by atoms with Crippen molar-refractivity contribution in [3.05, 3.63) is 57.2 Å². The van der Waals surface area contributed by atoms with E-state index in [1.54, 1.807) is 29.7 Å². The van der Waals surface area contributed by atoms with E-state index in [0.29, 0.717) is 17.2 Å². The minimum Gasteiger partial charge on any atom is -0.453 e. The first-order valence-corrected chi connectivity index (χ1v) is 7.16. The Morgan fingerprint density at radius 3 is 2.68 bits per heavy atom. The fourth-order valence-electron chi connectivity index (χ4n) is 1.77. The Balaban J connectivity index is 1.82. The molecule has 3 rings (SSSR count). The summed E-state index contributed by atoms with van der Waals surface area (Å²) in [5.41, 5.74) is 1.49. The first kappa shape index (κ1) is 14.1. The van der Waals surface area contributed by atoms with Crippen LogP contribution in [-0.2, 0) is 0 Å². The van der Waals surface area contributed by atoms with Crippen LogP contribution in [0.15, 0.2) is 42.0 Å². The van der Waals surface area contributed by atoms with Crippen molar-refractivity contribution >= 4 is 17.2 Å². The van der Waals surface area contributed by atoms with E-state index >= 15 is 0 Å². The summed E-state index contributed by atoms with van der Waals surface area (Å²) < 4.78 is 5.63. The number of pyridine rings is 2. The van der Waals surface area contributed by atoms with Gasteiger partial charge in [-0.05, 0) is 29.0 Å². The van der Waals surface area contributed by atoms with Gasteiger partial charge in [-0.2, -0.15) is 0 Å². The van der Waals surface area contributed by atoms with Gasteiger partial charge < -0.3 is 14.9 Å². The monoisotopic (exact) mass is 314 g/mol. The number of thiazole rings is 1. The fraction of sp³-hybridized carbons (Fsp3) is 0.0714. The van der Waals surface area contributed by atoms with Crippen LogP contribution in [0, 0.1) is 17.0 Å². The lowest BCUT2D eigenvalue weighted by atomic mass is 10.3. The van der Waals surface area contributed by atoms with E-state index < -0.39 is 4.92 Å². The first-order valence-electron chi connectivity index (χ1n) is 6.29. The Kier molecular flexibility index (Phi) is 3.75. The van der Waals surface area contributed by atoms with Crippen molar-refractivity contribution in [2.75, 3.05) is 0 Å². The van der Waals surface area contributed by atoms with E-state index in [2.05, 4.69) is 15.0 Å². The molecule has 8 heteroatoms. The van der Waals surface area contributed by atoms with Crippen LogP contribution in [0.25, 0.3) is 11.4 Å². The highest BCUT2D eigenvalue weighted by Crippen LogP contribution is 2.26. The summed E-state index contributed by atoms with van der Waals surface area (Å²) in [6.45, 7) is 1.93. The van der Waals surface area contributed by atoms with Crippen molar-refractivity contribution in [2.24, 2.45) is 0 Å². The zero-order valence-corrected chi connectivity index (χ0v) is 12.3. The average molecular weight is 314 g/mol.